The number of anilines is 1. The largest absolute Gasteiger partial charge is 0.353 e. The lowest BCUT2D eigenvalue weighted by molar-refractivity contribution is -0.118. The molecule has 0 saturated heterocycles. The van der Waals surface area contributed by atoms with E-state index in [1.807, 2.05) is 24.3 Å². The number of aromatic nitrogens is 3. The van der Waals surface area contributed by atoms with E-state index < -0.39 is 0 Å². The van der Waals surface area contributed by atoms with E-state index in [-0.39, 0.29) is 11.8 Å². The van der Waals surface area contributed by atoms with Crippen molar-refractivity contribution in [2.24, 2.45) is 0 Å². The average molecular weight is 392 g/mol. The predicted molar refractivity (Wildman–Crippen MR) is 99.4 cm³/mol. The molecular formula is C15H13N5O2S3. The fourth-order valence-corrected chi connectivity index (χ4v) is 4.48. The van der Waals surface area contributed by atoms with Crippen LogP contribution in [0.5, 0.6) is 0 Å². The molecule has 0 radical (unpaired) electrons. The van der Waals surface area contributed by atoms with Crippen LogP contribution >= 0.6 is 34.4 Å². The highest BCUT2D eigenvalue weighted by Crippen LogP contribution is 2.27. The number of para-hydroxylation sites is 1. The second kappa shape index (κ2) is 7.06. The molecule has 2 aromatic heterocycles. The van der Waals surface area contributed by atoms with Crippen LogP contribution in [-0.2, 0) is 4.79 Å². The van der Waals surface area contributed by atoms with Gasteiger partial charge < -0.3 is 5.32 Å². The van der Waals surface area contributed by atoms with Crippen molar-refractivity contribution in [1.29, 1.82) is 0 Å². The van der Waals surface area contributed by atoms with Gasteiger partial charge in [-0.25, -0.2) is 4.98 Å². The minimum atomic E-state index is -0.305. The highest BCUT2D eigenvalue weighted by Gasteiger charge is 2.23. The molecule has 0 aliphatic heterocycles. The van der Waals surface area contributed by atoms with Crippen molar-refractivity contribution in [1.82, 2.24) is 20.5 Å². The molecule has 1 aliphatic rings. The molecule has 10 heteroatoms. The molecule has 3 aromatic rings. The summed E-state index contributed by atoms with van der Waals surface area (Å²) in [4.78, 5) is 28.3. The first kappa shape index (κ1) is 16.4. The average Bonchev–Trinajstić information content (AvgIpc) is 3.13. The Hall–Kier alpha value is -2.04. The van der Waals surface area contributed by atoms with E-state index in [0.717, 1.165) is 23.1 Å². The van der Waals surface area contributed by atoms with Gasteiger partial charge in [-0.05, 0) is 25.0 Å². The number of benzene rings is 1. The van der Waals surface area contributed by atoms with Gasteiger partial charge in [0.2, 0.25) is 11.0 Å². The van der Waals surface area contributed by atoms with Crippen LogP contribution < -0.4 is 10.6 Å². The summed E-state index contributed by atoms with van der Waals surface area (Å²) < 4.78 is 1.60. The van der Waals surface area contributed by atoms with Crippen LogP contribution in [0.1, 0.15) is 22.6 Å². The van der Waals surface area contributed by atoms with Crippen molar-refractivity contribution in [3.8, 4) is 0 Å². The Morgan fingerprint density at radius 1 is 1.20 bits per heavy atom. The van der Waals surface area contributed by atoms with E-state index in [1.54, 1.807) is 0 Å². The standard InChI is InChI=1S/C15H13N5O2S3/c21-11(16-8-5-6-8)7-23-15-20-19-14(25-15)18-12(22)13-17-9-3-1-2-4-10(9)24-13/h1-4,8H,5-7H2,(H,16,21)(H,18,19,22). The molecule has 0 unspecified atom stereocenters. The summed E-state index contributed by atoms with van der Waals surface area (Å²) in [6, 6.07) is 7.95. The number of carbonyl (C=O) groups excluding carboxylic acids is 2. The molecule has 2 heterocycles. The molecule has 1 aromatic carbocycles. The number of hydrogen-bond acceptors (Lipinski definition) is 8. The van der Waals surface area contributed by atoms with Crippen molar-refractivity contribution in [2.75, 3.05) is 11.1 Å². The fourth-order valence-electron chi connectivity index (χ4n) is 2.06. The van der Waals surface area contributed by atoms with Crippen LogP contribution in [0.3, 0.4) is 0 Å². The first-order chi connectivity index (χ1) is 12.2. The lowest BCUT2D eigenvalue weighted by Crippen LogP contribution is -2.26. The molecule has 0 spiro atoms. The van der Waals surface area contributed by atoms with Crippen LogP contribution in [0.4, 0.5) is 5.13 Å². The van der Waals surface area contributed by atoms with E-state index in [0.29, 0.717) is 26.3 Å². The van der Waals surface area contributed by atoms with Gasteiger partial charge in [-0.2, -0.15) is 0 Å². The van der Waals surface area contributed by atoms with Crippen molar-refractivity contribution < 1.29 is 9.59 Å². The number of thioether (sulfide) groups is 1. The summed E-state index contributed by atoms with van der Waals surface area (Å²) in [5.74, 6) is -0.000121. The maximum absolute atomic E-state index is 12.3. The SMILES string of the molecule is O=C(CSc1nnc(NC(=O)c2nc3ccccc3s2)s1)NC1CC1. The molecule has 2 N–H and O–H groups in total. The highest BCUT2D eigenvalue weighted by molar-refractivity contribution is 8.01. The Balaban J connectivity index is 1.35. The molecule has 1 saturated carbocycles. The van der Waals surface area contributed by atoms with Crippen molar-refractivity contribution in [3.05, 3.63) is 29.3 Å². The molecule has 1 fully saturated rings. The third-order valence-corrected chi connectivity index (χ3v) is 6.39. The van der Waals surface area contributed by atoms with Crippen LogP contribution in [0.2, 0.25) is 0 Å². The first-order valence-electron chi connectivity index (χ1n) is 7.60. The van der Waals surface area contributed by atoms with Gasteiger partial charge >= 0.3 is 0 Å². The quantitative estimate of drug-likeness (QED) is 0.495. The summed E-state index contributed by atoms with van der Waals surface area (Å²) in [5, 5.41) is 14.3. The molecule has 128 valence electrons. The van der Waals surface area contributed by atoms with E-state index in [4.69, 9.17) is 0 Å². The lowest BCUT2D eigenvalue weighted by atomic mass is 10.3. The fraction of sp³-hybridized carbons (Fsp3) is 0.267. The molecule has 2 amide bonds. The monoisotopic (exact) mass is 391 g/mol. The smallest absolute Gasteiger partial charge is 0.286 e. The van der Waals surface area contributed by atoms with Gasteiger partial charge in [-0.15, -0.1) is 21.5 Å². The number of amides is 2. The second-order valence-corrected chi connectivity index (χ2v) is 8.68. The van der Waals surface area contributed by atoms with E-state index in [9.17, 15) is 9.59 Å². The normalized spacial score (nSPS) is 13.8. The zero-order valence-electron chi connectivity index (χ0n) is 12.9. The number of thiazole rings is 1. The van der Waals surface area contributed by atoms with E-state index in [2.05, 4.69) is 25.8 Å². The number of nitrogens with zero attached hydrogens (tertiary/aromatic N) is 3. The Morgan fingerprint density at radius 3 is 2.84 bits per heavy atom. The number of nitrogens with one attached hydrogen (secondary N) is 2. The van der Waals surface area contributed by atoms with E-state index >= 15 is 0 Å². The van der Waals surface area contributed by atoms with Crippen molar-refractivity contribution in [2.45, 2.75) is 23.2 Å². The van der Waals surface area contributed by atoms with Gasteiger partial charge in [0.1, 0.15) is 0 Å². The van der Waals surface area contributed by atoms with Gasteiger partial charge in [0.15, 0.2) is 9.35 Å². The Labute approximate surface area is 155 Å². The molecule has 7 nitrogen and oxygen atoms in total. The highest BCUT2D eigenvalue weighted by atomic mass is 32.2. The van der Waals surface area contributed by atoms with Gasteiger partial charge in [0.25, 0.3) is 5.91 Å². The maximum atomic E-state index is 12.3. The van der Waals surface area contributed by atoms with Crippen LogP contribution in [0, 0.1) is 0 Å². The number of rotatable bonds is 6. The summed E-state index contributed by atoms with van der Waals surface area (Å²) in [6.45, 7) is 0. The first-order valence-corrected chi connectivity index (χ1v) is 10.2. The second-order valence-electron chi connectivity index (χ2n) is 5.44. The summed E-state index contributed by atoms with van der Waals surface area (Å²) in [7, 11) is 0. The zero-order valence-corrected chi connectivity index (χ0v) is 15.3. The number of fused-ring (bicyclic) bond motifs is 1. The van der Waals surface area contributed by atoms with Crippen LogP contribution in [0.25, 0.3) is 10.2 Å². The lowest BCUT2D eigenvalue weighted by Gasteiger charge is -2.00. The van der Waals surface area contributed by atoms with Gasteiger partial charge in [0.05, 0.1) is 16.0 Å². The summed E-state index contributed by atoms with van der Waals surface area (Å²) in [5.41, 5.74) is 0.799. The minimum Gasteiger partial charge on any atom is -0.353 e. The Morgan fingerprint density at radius 2 is 2.04 bits per heavy atom. The molecule has 0 atom stereocenters. The number of hydrogen-bond donors (Lipinski definition) is 2. The maximum Gasteiger partial charge on any atom is 0.286 e. The van der Waals surface area contributed by atoms with E-state index in [1.165, 1.54) is 34.4 Å². The van der Waals surface area contributed by atoms with Crippen molar-refractivity contribution >= 4 is 61.6 Å². The molecular weight excluding hydrogens is 378 g/mol. The third kappa shape index (κ3) is 4.14. The van der Waals surface area contributed by atoms with Crippen LogP contribution in [0.15, 0.2) is 28.6 Å². The Kier molecular flexibility index (Phi) is 4.64. The number of carbonyl (C=O) groups is 2. The molecule has 25 heavy (non-hydrogen) atoms. The molecule has 4 rings (SSSR count). The van der Waals surface area contributed by atoms with Crippen molar-refractivity contribution in [3.63, 3.8) is 0 Å². The summed E-state index contributed by atoms with van der Waals surface area (Å²) >= 11 is 3.89. The molecule has 1 aliphatic carbocycles. The predicted octanol–water partition coefficient (Wildman–Crippen LogP) is 2.77. The topological polar surface area (TPSA) is 96.9 Å². The summed E-state index contributed by atoms with van der Waals surface area (Å²) in [6.07, 6.45) is 2.13. The van der Waals surface area contributed by atoms with Gasteiger partial charge in [0, 0.05) is 6.04 Å². The molecule has 0 bridgehead atoms. The minimum absolute atomic E-state index is 0.00256. The third-order valence-electron chi connectivity index (χ3n) is 3.38. The van der Waals surface area contributed by atoms with Gasteiger partial charge in [-0.3, -0.25) is 14.9 Å². The zero-order chi connectivity index (χ0) is 17.2. The Bertz CT molecular complexity index is 901. The van der Waals surface area contributed by atoms with Gasteiger partial charge in [-0.1, -0.05) is 35.2 Å². The van der Waals surface area contributed by atoms with Crippen LogP contribution in [-0.4, -0.2) is 38.8 Å².